The summed E-state index contributed by atoms with van der Waals surface area (Å²) in [5, 5.41) is 3.24. The van der Waals surface area contributed by atoms with E-state index < -0.39 is 0 Å². The van der Waals surface area contributed by atoms with Crippen LogP contribution in [0.4, 0.5) is 0 Å². The lowest BCUT2D eigenvalue weighted by Gasteiger charge is -2.30. The van der Waals surface area contributed by atoms with Gasteiger partial charge in [0.1, 0.15) is 6.10 Å². The molecule has 1 saturated heterocycles. The molecule has 5 heteroatoms. The summed E-state index contributed by atoms with van der Waals surface area (Å²) >= 11 is 0. The van der Waals surface area contributed by atoms with Gasteiger partial charge in [0, 0.05) is 25.7 Å². The van der Waals surface area contributed by atoms with Crippen molar-refractivity contribution in [1.82, 2.24) is 10.2 Å². The third-order valence-electron chi connectivity index (χ3n) is 4.40. The van der Waals surface area contributed by atoms with Crippen LogP contribution in [0.3, 0.4) is 0 Å². The van der Waals surface area contributed by atoms with Crippen LogP contribution < -0.4 is 5.32 Å². The Morgan fingerprint density at radius 3 is 2.68 bits per heavy atom. The number of benzene rings is 1. The van der Waals surface area contributed by atoms with Crippen molar-refractivity contribution in [2.24, 2.45) is 0 Å². The van der Waals surface area contributed by atoms with Gasteiger partial charge in [-0.05, 0) is 43.4 Å². The fourth-order valence-electron chi connectivity index (χ4n) is 2.78. The molecule has 1 saturated carbocycles. The summed E-state index contributed by atoms with van der Waals surface area (Å²) in [5.41, 5.74) is 3.79. The zero-order chi connectivity index (χ0) is 14.8. The highest BCUT2D eigenvalue weighted by Crippen LogP contribution is 2.29. The lowest BCUT2D eigenvalue weighted by molar-refractivity contribution is -0.146. The summed E-state index contributed by atoms with van der Waals surface area (Å²) in [4.78, 5) is 14.7. The van der Waals surface area contributed by atoms with Gasteiger partial charge in [-0.2, -0.15) is 0 Å². The normalized spacial score (nSPS) is 21.1. The van der Waals surface area contributed by atoms with E-state index in [-0.39, 0.29) is 24.4 Å². The van der Waals surface area contributed by atoms with Gasteiger partial charge in [-0.15, -0.1) is 12.4 Å². The van der Waals surface area contributed by atoms with Crippen LogP contribution in [0.1, 0.15) is 29.5 Å². The Morgan fingerprint density at radius 1 is 1.32 bits per heavy atom. The molecule has 1 amide bonds. The number of hydrogen-bond acceptors (Lipinski definition) is 3. The second-order valence-corrected chi connectivity index (χ2v) is 6.18. The minimum absolute atomic E-state index is 0. The number of carbonyl (C=O) groups is 1. The Hall–Kier alpha value is -1.10. The molecule has 0 radical (unpaired) electrons. The van der Waals surface area contributed by atoms with Crippen LogP contribution in [-0.2, 0) is 16.1 Å². The predicted octanol–water partition coefficient (Wildman–Crippen LogP) is 2.20. The summed E-state index contributed by atoms with van der Waals surface area (Å²) < 4.78 is 5.63. The minimum atomic E-state index is -0.314. The van der Waals surface area contributed by atoms with Crippen LogP contribution in [0, 0.1) is 13.8 Å². The van der Waals surface area contributed by atoms with E-state index in [1.165, 1.54) is 16.7 Å². The van der Waals surface area contributed by atoms with Gasteiger partial charge in [0.15, 0.2) is 0 Å². The number of hydrogen-bond donors (Lipinski definition) is 1. The second kappa shape index (κ2) is 7.44. The number of rotatable bonds is 4. The van der Waals surface area contributed by atoms with E-state index in [1.54, 1.807) is 0 Å². The van der Waals surface area contributed by atoms with Crippen LogP contribution in [0.25, 0.3) is 0 Å². The van der Waals surface area contributed by atoms with Crippen molar-refractivity contribution in [2.75, 3.05) is 19.7 Å². The minimum Gasteiger partial charge on any atom is -0.366 e. The van der Waals surface area contributed by atoms with Crippen LogP contribution in [0.5, 0.6) is 0 Å². The van der Waals surface area contributed by atoms with Crippen LogP contribution in [-0.4, -0.2) is 42.6 Å². The largest absolute Gasteiger partial charge is 0.366 e. The Balaban J connectivity index is 0.00000176. The maximum absolute atomic E-state index is 12.7. The van der Waals surface area contributed by atoms with Gasteiger partial charge in [0.2, 0.25) is 0 Å². The number of ether oxygens (including phenoxy) is 1. The first-order chi connectivity index (χ1) is 10.1. The number of morpholine rings is 1. The topological polar surface area (TPSA) is 41.6 Å². The second-order valence-electron chi connectivity index (χ2n) is 6.18. The van der Waals surface area contributed by atoms with Crippen molar-refractivity contribution >= 4 is 18.3 Å². The molecule has 3 rings (SSSR count). The van der Waals surface area contributed by atoms with Gasteiger partial charge >= 0.3 is 0 Å². The highest BCUT2D eigenvalue weighted by molar-refractivity contribution is 5.85. The van der Waals surface area contributed by atoms with E-state index in [1.807, 2.05) is 4.90 Å². The van der Waals surface area contributed by atoms with Gasteiger partial charge < -0.3 is 15.0 Å². The Kier molecular flexibility index (Phi) is 5.84. The van der Waals surface area contributed by atoms with Crippen LogP contribution in [0.15, 0.2) is 18.2 Å². The van der Waals surface area contributed by atoms with Crippen molar-refractivity contribution in [3.8, 4) is 0 Å². The van der Waals surface area contributed by atoms with E-state index >= 15 is 0 Å². The zero-order valence-corrected chi connectivity index (χ0v) is 14.1. The summed E-state index contributed by atoms with van der Waals surface area (Å²) in [6.45, 7) is 7.03. The Bertz CT molecular complexity index is 525. The van der Waals surface area contributed by atoms with Crippen LogP contribution >= 0.6 is 12.4 Å². The lowest BCUT2D eigenvalue weighted by atomic mass is 10.1. The highest BCUT2D eigenvalue weighted by atomic mass is 35.5. The number of carbonyl (C=O) groups excluding carboxylic acids is 1. The number of halogens is 1. The number of aryl methyl sites for hydroxylation is 2. The smallest absolute Gasteiger partial charge is 0.253 e. The summed E-state index contributed by atoms with van der Waals surface area (Å²) in [7, 11) is 0. The average molecular weight is 325 g/mol. The first-order valence-electron chi connectivity index (χ1n) is 7.84. The molecule has 1 aliphatic heterocycles. The number of amides is 1. The van der Waals surface area contributed by atoms with Gasteiger partial charge in [0.25, 0.3) is 5.91 Å². The standard InChI is InChI=1S/C17H24N2O2.ClH/c1-12-3-4-14(9-13(12)2)11-19(15-5-6-15)17(20)16-10-18-7-8-21-16;/h3-4,9,15-16,18H,5-8,10-11H2,1-2H3;1H. The van der Waals surface area contributed by atoms with Crippen LogP contribution in [0.2, 0.25) is 0 Å². The van der Waals surface area contributed by atoms with E-state index in [0.29, 0.717) is 25.7 Å². The van der Waals surface area contributed by atoms with E-state index in [2.05, 4.69) is 37.4 Å². The predicted molar refractivity (Wildman–Crippen MR) is 89.3 cm³/mol. The van der Waals surface area contributed by atoms with Crippen molar-refractivity contribution < 1.29 is 9.53 Å². The molecule has 1 aromatic rings. The summed E-state index contributed by atoms with van der Waals surface area (Å²) in [5.74, 6) is 0.142. The average Bonchev–Trinajstić information content (AvgIpc) is 3.33. The van der Waals surface area contributed by atoms with Gasteiger partial charge in [0.05, 0.1) is 6.61 Å². The third-order valence-corrected chi connectivity index (χ3v) is 4.40. The van der Waals surface area contributed by atoms with E-state index in [4.69, 9.17) is 4.74 Å². The zero-order valence-electron chi connectivity index (χ0n) is 13.3. The Labute approximate surface area is 138 Å². The molecule has 2 aliphatic rings. The first kappa shape index (κ1) is 17.3. The van der Waals surface area contributed by atoms with Gasteiger partial charge in [-0.3, -0.25) is 4.79 Å². The molecule has 122 valence electrons. The molecular weight excluding hydrogens is 300 g/mol. The van der Waals surface area contributed by atoms with Crippen molar-refractivity contribution in [3.05, 3.63) is 34.9 Å². The van der Waals surface area contributed by atoms with Gasteiger partial charge in [-0.1, -0.05) is 18.2 Å². The summed E-state index contributed by atoms with van der Waals surface area (Å²) in [6, 6.07) is 6.87. The molecule has 1 N–H and O–H groups in total. The number of nitrogens with one attached hydrogen (secondary N) is 1. The van der Waals surface area contributed by atoms with Crippen molar-refractivity contribution in [2.45, 2.75) is 45.4 Å². The quantitative estimate of drug-likeness (QED) is 0.923. The van der Waals surface area contributed by atoms with E-state index in [0.717, 1.165) is 19.4 Å². The Morgan fingerprint density at radius 2 is 2.09 bits per heavy atom. The van der Waals surface area contributed by atoms with Gasteiger partial charge in [-0.25, -0.2) is 0 Å². The molecular formula is C17H25ClN2O2. The monoisotopic (exact) mass is 324 g/mol. The SMILES string of the molecule is Cc1ccc(CN(C(=O)C2CNCCO2)C2CC2)cc1C.Cl. The first-order valence-corrected chi connectivity index (χ1v) is 7.84. The fourth-order valence-corrected chi connectivity index (χ4v) is 2.78. The molecule has 4 nitrogen and oxygen atoms in total. The lowest BCUT2D eigenvalue weighted by Crippen LogP contribution is -2.49. The molecule has 1 aromatic carbocycles. The molecule has 2 fully saturated rings. The fraction of sp³-hybridized carbons (Fsp3) is 0.588. The van der Waals surface area contributed by atoms with Crippen molar-refractivity contribution in [1.29, 1.82) is 0 Å². The maximum atomic E-state index is 12.7. The molecule has 1 atom stereocenters. The molecule has 1 heterocycles. The summed E-state index contributed by atoms with van der Waals surface area (Å²) in [6.07, 6.45) is 1.93. The maximum Gasteiger partial charge on any atom is 0.253 e. The molecule has 0 spiro atoms. The van der Waals surface area contributed by atoms with Crippen molar-refractivity contribution in [3.63, 3.8) is 0 Å². The number of nitrogens with zero attached hydrogens (tertiary/aromatic N) is 1. The molecule has 0 bridgehead atoms. The van der Waals surface area contributed by atoms with E-state index in [9.17, 15) is 4.79 Å². The molecule has 0 aromatic heterocycles. The highest BCUT2D eigenvalue weighted by Gasteiger charge is 2.36. The molecule has 22 heavy (non-hydrogen) atoms. The molecule has 1 aliphatic carbocycles. The molecule has 1 unspecified atom stereocenters. The third kappa shape index (κ3) is 4.00.